The molecular formula is C12H20N2OS. The van der Waals surface area contributed by atoms with Crippen LogP contribution < -0.4 is 5.73 Å². The molecule has 0 amide bonds. The van der Waals surface area contributed by atoms with Crippen molar-refractivity contribution in [2.24, 2.45) is 5.73 Å². The van der Waals surface area contributed by atoms with Crippen molar-refractivity contribution in [3.05, 3.63) is 22.4 Å². The first-order valence-corrected chi connectivity index (χ1v) is 6.71. The number of hydrogen-bond acceptors (Lipinski definition) is 4. The Balaban J connectivity index is 2.13. The first-order valence-electron chi connectivity index (χ1n) is 5.83. The smallest absolute Gasteiger partial charge is 0.0675 e. The summed E-state index contributed by atoms with van der Waals surface area (Å²) in [5.41, 5.74) is 5.93. The lowest BCUT2D eigenvalue weighted by atomic mass is 10.1. The molecule has 0 bridgehead atoms. The number of thiophene rings is 1. The van der Waals surface area contributed by atoms with Gasteiger partial charge in [-0.05, 0) is 25.3 Å². The quantitative estimate of drug-likeness (QED) is 0.876. The van der Waals surface area contributed by atoms with Crippen LogP contribution in [-0.4, -0.2) is 36.7 Å². The molecule has 1 fully saturated rings. The lowest BCUT2D eigenvalue weighted by Crippen LogP contribution is -2.50. The second-order valence-electron chi connectivity index (χ2n) is 4.46. The van der Waals surface area contributed by atoms with Crippen LogP contribution in [0.1, 0.15) is 24.8 Å². The Morgan fingerprint density at radius 3 is 3.06 bits per heavy atom. The van der Waals surface area contributed by atoms with Gasteiger partial charge in [-0.15, -0.1) is 11.3 Å². The van der Waals surface area contributed by atoms with Gasteiger partial charge >= 0.3 is 0 Å². The SMILES string of the molecule is CC1CN(C(CN)c2cccs2)C(C)CO1. The standard InChI is InChI=1S/C12H20N2OS/c1-9-8-15-10(2)7-14(9)11(6-13)12-4-3-5-16-12/h3-5,9-11H,6-8,13H2,1-2H3. The van der Waals surface area contributed by atoms with E-state index in [0.717, 1.165) is 13.2 Å². The lowest BCUT2D eigenvalue weighted by molar-refractivity contribution is -0.0648. The Morgan fingerprint density at radius 1 is 1.62 bits per heavy atom. The molecule has 1 aromatic rings. The number of hydrogen-bond donors (Lipinski definition) is 1. The van der Waals surface area contributed by atoms with Crippen LogP contribution >= 0.6 is 11.3 Å². The van der Waals surface area contributed by atoms with Crippen LogP contribution in [0.4, 0.5) is 0 Å². The van der Waals surface area contributed by atoms with Gasteiger partial charge in [0.1, 0.15) is 0 Å². The molecule has 16 heavy (non-hydrogen) atoms. The average Bonchev–Trinajstić information content (AvgIpc) is 2.78. The van der Waals surface area contributed by atoms with Crippen molar-refractivity contribution in [3.8, 4) is 0 Å². The van der Waals surface area contributed by atoms with E-state index >= 15 is 0 Å². The van der Waals surface area contributed by atoms with Gasteiger partial charge in [0.05, 0.1) is 18.8 Å². The van der Waals surface area contributed by atoms with E-state index < -0.39 is 0 Å². The molecule has 2 N–H and O–H groups in total. The highest BCUT2D eigenvalue weighted by molar-refractivity contribution is 7.10. The van der Waals surface area contributed by atoms with E-state index in [1.165, 1.54) is 4.88 Å². The van der Waals surface area contributed by atoms with Crippen LogP contribution in [0, 0.1) is 0 Å². The number of nitrogens with two attached hydrogens (primary N) is 1. The minimum Gasteiger partial charge on any atom is -0.376 e. The molecule has 0 spiro atoms. The van der Waals surface area contributed by atoms with E-state index in [2.05, 4.69) is 36.3 Å². The van der Waals surface area contributed by atoms with Crippen LogP contribution in [0.15, 0.2) is 17.5 Å². The summed E-state index contributed by atoms with van der Waals surface area (Å²) >= 11 is 1.79. The Morgan fingerprint density at radius 2 is 2.44 bits per heavy atom. The zero-order chi connectivity index (χ0) is 11.5. The van der Waals surface area contributed by atoms with Crippen LogP contribution in [0.3, 0.4) is 0 Å². The van der Waals surface area contributed by atoms with Gasteiger partial charge in [0, 0.05) is 24.0 Å². The van der Waals surface area contributed by atoms with Gasteiger partial charge in [-0.3, -0.25) is 4.90 Å². The Kier molecular flexibility index (Phi) is 3.97. The first kappa shape index (κ1) is 12.0. The Bertz CT molecular complexity index is 315. The highest BCUT2D eigenvalue weighted by atomic mass is 32.1. The Hall–Kier alpha value is -0.420. The summed E-state index contributed by atoms with van der Waals surface area (Å²) in [6.45, 7) is 6.80. The minimum absolute atomic E-state index is 0.310. The van der Waals surface area contributed by atoms with Gasteiger partial charge in [0.15, 0.2) is 0 Å². The van der Waals surface area contributed by atoms with Crippen molar-refractivity contribution >= 4 is 11.3 Å². The summed E-state index contributed by atoms with van der Waals surface area (Å²) in [4.78, 5) is 3.84. The van der Waals surface area contributed by atoms with Crippen molar-refractivity contribution in [2.45, 2.75) is 32.0 Å². The molecule has 3 atom stereocenters. The fourth-order valence-corrected chi connectivity index (χ4v) is 3.12. The van der Waals surface area contributed by atoms with E-state index in [-0.39, 0.29) is 0 Å². The number of nitrogens with zero attached hydrogens (tertiary/aromatic N) is 1. The molecule has 0 radical (unpaired) electrons. The molecule has 0 aliphatic carbocycles. The molecule has 4 heteroatoms. The van der Waals surface area contributed by atoms with Crippen molar-refractivity contribution in [1.82, 2.24) is 4.90 Å². The van der Waals surface area contributed by atoms with Gasteiger partial charge in [-0.2, -0.15) is 0 Å². The summed E-state index contributed by atoms with van der Waals surface area (Å²) in [6.07, 6.45) is 0.310. The zero-order valence-electron chi connectivity index (χ0n) is 9.93. The number of morpholine rings is 1. The van der Waals surface area contributed by atoms with E-state index in [4.69, 9.17) is 10.5 Å². The molecule has 3 unspecified atom stereocenters. The Labute approximate surface area is 101 Å². The van der Waals surface area contributed by atoms with Crippen molar-refractivity contribution in [1.29, 1.82) is 0 Å². The molecule has 0 aromatic carbocycles. The topological polar surface area (TPSA) is 38.5 Å². The molecule has 2 rings (SSSR count). The van der Waals surface area contributed by atoms with Crippen LogP contribution in [0.5, 0.6) is 0 Å². The summed E-state index contributed by atoms with van der Waals surface area (Å²) in [5, 5.41) is 2.12. The molecule has 1 aliphatic rings. The molecule has 3 nitrogen and oxygen atoms in total. The third-order valence-electron chi connectivity index (χ3n) is 3.15. The van der Waals surface area contributed by atoms with Crippen LogP contribution in [0.2, 0.25) is 0 Å². The third kappa shape index (κ3) is 2.46. The molecule has 1 aliphatic heterocycles. The van der Waals surface area contributed by atoms with Crippen LogP contribution in [0.25, 0.3) is 0 Å². The van der Waals surface area contributed by atoms with E-state index in [0.29, 0.717) is 24.7 Å². The second kappa shape index (κ2) is 5.27. The molecule has 0 saturated carbocycles. The molecular weight excluding hydrogens is 220 g/mol. The number of rotatable bonds is 3. The minimum atomic E-state index is 0.310. The van der Waals surface area contributed by atoms with E-state index in [9.17, 15) is 0 Å². The predicted molar refractivity (Wildman–Crippen MR) is 67.7 cm³/mol. The maximum absolute atomic E-state index is 5.93. The van der Waals surface area contributed by atoms with Crippen LogP contribution in [-0.2, 0) is 4.74 Å². The fraction of sp³-hybridized carbons (Fsp3) is 0.667. The van der Waals surface area contributed by atoms with E-state index in [1.54, 1.807) is 11.3 Å². The van der Waals surface area contributed by atoms with Gasteiger partial charge in [-0.25, -0.2) is 0 Å². The molecule has 1 saturated heterocycles. The fourth-order valence-electron chi connectivity index (χ4n) is 2.26. The van der Waals surface area contributed by atoms with Gasteiger partial charge < -0.3 is 10.5 Å². The number of ether oxygens (including phenoxy) is 1. The second-order valence-corrected chi connectivity index (χ2v) is 5.44. The largest absolute Gasteiger partial charge is 0.376 e. The summed E-state index contributed by atoms with van der Waals surface area (Å²) < 4.78 is 5.65. The maximum Gasteiger partial charge on any atom is 0.0675 e. The lowest BCUT2D eigenvalue weighted by Gasteiger charge is -2.41. The van der Waals surface area contributed by atoms with Gasteiger partial charge in [0.25, 0.3) is 0 Å². The molecule has 1 aromatic heterocycles. The van der Waals surface area contributed by atoms with Crippen molar-refractivity contribution in [2.75, 3.05) is 19.7 Å². The van der Waals surface area contributed by atoms with Gasteiger partial charge in [-0.1, -0.05) is 6.07 Å². The summed E-state index contributed by atoms with van der Waals surface area (Å²) in [6, 6.07) is 5.07. The zero-order valence-corrected chi connectivity index (χ0v) is 10.7. The van der Waals surface area contributed by atoms with Crippen molar-refractivity contribution in [3.63, 3.8) is 0 Å². The van der Waals surface area contributed by atoms with E-state index in [1.807, 2.05) is 0 Å². The maximum atomic E-state index is 5.93. The first-order chi connectivity index (χ1) is 7.72. The van der Waals surface area contributed by atoms with Crippen molar-refractivity contribution < 1.29 is 4.74 Å². The molecule has 2 heterocycles. The summed E-state index contributed by atoms with van der Waals surface area (Å²) in [7, 11) is 0. The normalized spacial score (nSPS) is 29.2. The average molecular weight is 240 g/mol. The van der Waals surface area contributed by atoms with Gasteiger partial charge in [0.2, 0.25) is 0 Å². The monoisotopic (exact) mass is 240 g/mol. The highest BCUT2D eigenvalue weighted by Gasteiger charge is 2.30. The molecule has 90 valence electrons. The highest BCUT2D eigenvalue weighted by Crippen LogP contribution is 2.28. The predicted octanol–water partition coefficient (Wildman–Crippen LogP) is 1.86. The summed E-state index contributed by atoms with van der Waals surface area (Å²) in [5.74, 6) is 0. The third-order valence-corrected chi connectivity index (χ3v) is 4.12.